The number of piperidine rings is 1. The Bertz CT molecular complexity index is 248. The van der Waals surface area contributed by atoms with E-state index < -0.39 is 0 Å². The maximum absolute atomic E-state index is 12.3. The second kappa shape index (κ2) is 7.10. The molecule has 1 fully saturated rings. The zero-order valence-corrected chi connectivity index (χ0v) is 12.2. The maximum Gasteiger partial charge on any atom is 0.227 e. The van der Waals surface area contributed by atoms with Crippen molar-refractivity contribution in [3.8, 4) is 0 Å². The molecule has 0 saturated carbocycles. The zero-order valence-electron chi connectivity index (χ0n) is 12.2. The SMILES string of the molecule is CCC(CC)(CN)C(=O)NCC1CCN(C)CC1. The first-order valence-electron chi connectivity index (χ1n) is 7.25. The molecule has 4 heteroatoms. The molecule has 1 saturated heterocycles. The zero-order chi connectivity index (χ0) is 13.6. The molecule has 1 aliphatic heterocycles. The van der Waals surface area contributed by atoms with Gasteiger partial charge in [-0.05, 0) is 51.7 Å². The van der Waals surface area contributed by atoms with E-state index in [-0.39, 0.29) is 11.3 Å². The second-order valence-electron chi connectivity index (χ2n) is 5.65. The largest absolute Gasteiger partial charge is 0.355 e. The summed E-state index contributed by atoms with van der Waals surface area (Å²) in [6.07, 6.45) is 4.01. The van der Waals surface area contributed by atoms with Gasteiger partial charge in [-0.15, -0.1) is 0 Å². The summed E-state index contributed by atoms with van der Waals surface area (Å²) in [5, 5.41) is 3.12. The van der Waals surface area contributed by atoms with Crippen molar-refractivity contribution in [2.45, 2.75) is 39.5 Å². The Morgan fingerprint density at radius 1 is 1.33 bits per heavy atom. The Balaban J connectivity index is 2.40. The number of carbonyl (C=O) groups excluding carboxylic acids is 1. The van der Waals surface area contributed by atoms with E-state index in [2.05, 4.69) is 17.3 Å². The lowest BCUT2D eigenvalue weighted by Crippen LogP contribution is -2.47. The van der Waals surface area contributed by atoms with Gasteiger partial charge in [0.05, 0.1) is 5.41 Å². The van der Waals surface area contributed by atoms with Crippen LogP contribution in [0.3, 0.4) is 0 Å². The molecule has 106 valence electrons. The molecule has 4 nitrogen and oxygen atoms in total. The molecule has 0 aromatic carbocycles. The van der Waals surface area contributed by atoms with Crippen molar-refractivity contribution >= 4 is 5.91 Å². The summed E-state index contributed by atoms with van der Waals surface area (Å²) >= 11 is 0. The highest BCUT2D eigenvalue weighted by atomic mass is 16.2. The van der Waals surface area contributed by atoms with E-state index in [4.69, 9.17) is 5.73 Å². The average molecular weight is 255 g/mol. The first-order chi connectivity index (χ1) is 8.57. The van der Waals surface area contributed by atoms with Crippen LogP contribution >= 0.6 is 0 Å². The number of nitrogens with zero attached hydrogens (tertiary/aromatic N) is 1. The van der Waals surface area contributed by atoms with Crippen LogP contribution in [0.1, 0.15) is 39.5 Å². The number of nitrogens with two attached hydrogens (primary N) is 1. The molecule has 0 atom stereocenters. The van der Waals surface area contributed by atoms with Crippen LogP contribution in [0.25, 0.3) is 0 Å². The minimum atomic E-state index is -0.356. The molecule has 1 amide bonds. The van der Waals surface area contributed by atoms with Crippen molar-refractivity contribution in [1.29, 1.82) is 0 Å². The molecule has 0 unspecified atom stereocenters. The Kier molecular flexibility index (Phi) is 6.09. The lowest BCUT2D eigenvalue weighted by molar-refractivity contribution is -0.131. The Morgan fingerprint density at radius 2 is 1.89 bits per heavy atom. The van der Waals surface area contributed by atoms with Crippen LogP contribution in [0.2, 0.25) is 0 Å². The molecule has 1 aliphatic rings. The number of hydrogen-bond donors (Lipinski definition) is 2. The van der Waals surface area contributed by atoms with Crippen molar-refractivity contribution in [2.75, 3.05) is 33.2 Å². The third-order valence-electron chi connectivity index (χ3n) is 4.62. The molecule has 0 aromatic rings. The first kappa shape index (κ1) is 15.4. The van der Waals surface area contributed by atoms with Gasteiger partial charge in [-0.25, -0.2) is 0 Å². The van der Waals surface area contributed by atoms with Gasteiger partial charge in [0.15, 0.2) is 0 Å². The van der Waals surface area contributed by atoms with Crippen molar-refractivity contribution in [2.24, 2.45) is 17.1 Å². The number of likely N-dealkylation sites (tertiary alicyclic amines) is 1. The molecule has 0 bridgehead atoms. The van der Waals surface area contributed by atoms with Crippen LogP contribution in [0, 0.1) is 11.3 Å². The number of rotatable bonds is 6. The molecule has 18 heavy (non-hydrogen) atoms. The van der Waals surface area contributed by atoms with E-state index in [9.17, 15) is 4.79 Å². The highest BCUT2D eigenvalue weighted by molar-refractivity contribution is 5.82. The lowest BCUT2D eigenvalue weighted by Gasteiger charge is -2.32. The summed E-state index contributed by atoms with van der Waals surface area (Å²) < 4.78 is 0. The van der Waals surface area contributed by atoms with Gasteiger partial charge in [-0.2, -0.15) is 0 Å². The quantitative estimate of drug-likeness (QED) is 0.750. The predicted octanol–water partition coefficient (Wildman–Crippen LogP) is 1.21. The van der Waals surface area contributed by atoms with Crippen molar-refractivity contribution in [3.63, 3.8) is 0 Å². The van der Waals surface area contributed by atoms with Crippen molar-refractivity contribution in [3.05, 3.63) is 0 Å². The highest BCUT2D eigenvalue weighted by Crippen LogP contribution is 2.25. The van der Waals surface area contributed by atoms with Gasteiger partial charge >= 0.3 is 0 Å². The molecule has 0 spiro atoms. The van der Waals surface area contributed by atoms with Crippen LogP contribution in [0.4, 0.5) is 0 Å². The lowest BCUT2D eigenvalue weighted by atomic mass is 9.81. The molecule has 0 aliphatic carbocycles. The van der Waals surface area contributed by atoms with E-state index in [1.54, 1.807) is 0 Å². The maximum atomic E-state index is 12.3. The first-order valence-corrected chi connectivity index (χ1v) is 7.25. The van der Waals surface area contributed by atoms with E-state index in [0.717, 1.165) is 32.5 Å². The molecule has 1 rings (SSSR count). The minimum Gasteiger partial charge on any atom is -0.355 e. The van der Waals surface area contributed by atoms with Gasteiger partial charge < -0.3 is 16.0 Å². The van der Waals surface area contributed by atoms with Crippen LogP contribution in [-0.2, 0) is 4.79 Å². The predicted molar refractivity (Wildman–Crippen MR) is 75.3 cm³/mol. The Morgan fingerprint density at radius 3 is 2.33 bits per heavy atom. The fourth-order valence-electron chi connectivity index (χ4n) is 2.64. The smallest absolute Gasteiger partial charge is 0.227 e. The normalized spacial score (nSPS) is 18.9. The van der Waals surface area contributed by atoms with Crippen molar-refractivity contribution < 1.29 is 4.79 Å². The Hall–Kier alpha value is -0.610. The molecular weight excluding hydrogens is 226 g/mol. The van der Waals surface area contributed by atoms with Gasteiger partial charge in [-0.1, -0.05) is 13.8 Å². The van der Waals surface area contributed by atoms with Crippen LogP contribution in [0.5, 0.6) is 0 Å². The van der Waals surface area contributed by atoms with Crippen LogP contribution in [0.15, 0.2) is 0 Å². The van der Waals surface area contributed by atoms with Crippen LogP contribution in [-0.4, -0.2) is 44.0 Å². The summed E-state index contributed by atoms with van der Waals surface area (Å²) in [5.41, 5.74) is 5.43. The Labute approximate surface area is 111 Å². The monoisotopic (exact) mass is 255 g/mol. The second-order valence-corrected chi connectivity index (χ2v) is 5.65. The highest BCUT2D eigenvalue weighted by Gasteiger charge is 2.33. The van der Waals surface area contributed by atoms with Crippen LogP contribution < -0.4 is 11.1 Å². The summed E-state index contributed by atoms with van der Waals surface area (Å²) in [7, 11) is 2.16. The molecular formula is C14H29N3O. The average Bonchev–Trinajstić information content (AvgIpc) is 2.41. The van der Waals surface area contributed by atoms with Gasteiger partial charge in [0.25, 0.3) is 0 Å². The summed E-state index contributed by atoms with van der Waals surface area (Å²) in [6.45, 7) is 7.64. The molecule has 1 heterocycles. The molecule has 0 radical (unpaired) electrons. The van der Waals surface area contributed by atoms with Gasteiger partial charge in [-0.3, -0.25) is 4.79 Å². The fourth-order valence-corrected chi connectivity index (χ4v) is 2.64. The number of nitrogens with one attached hydrogen (secondary N) is 1. The standard InChI is InChI=1S/C14H29N3O/c1-4-14(5-2,11-15)13(18)16-10-12-6-8-17(3)9-7-12/h12H,4-11,15H2,1-3H3,(H,16,18). The number of carbonyl (C=O) groups is 1. The van der Waals surface area contributed by atoms with Crippen molar-refractivity contribution in [1.82, 2.24) is 10.2 Å². The summed E-state index contributed by atoms with van der Waals surface area (Å²) in [5.74, 6) is 0.781. The summed E-state index contributed by atoms with van der Waals surface area (Å²) in [6, 6.07) is 0. The minimum absolute atomic E-state index is 0.147. The number of hydrogen-bond acceptors (Lipinski definition) is 3. The molecule has 3 N–H and O–H groups in total. The van der Waals surface area contributed by atoms with E-state index in [0.29, 0.717) is 12.5 Å². The summed E-state index contributed by atoms with van der Waals surface area (Å²) in [4.78, 5) is 14.6. The molecule has 0 aromatic heterocycles. The van der Waals surface area contributed by atoms with Gasteiger partial charge in [0, 0.05) is 13.1 Å². The third kappa shape index (κ3) is 3.69. The van der Waals surface area contributed by atoms with E-state index in [1.807, 2.05) is 13.8 Å². The topological polar surface area (TPSA) is 58.4 Å². The van der Waals surface area contributed by atoms with E-state index >= 15 is 0 Å². The van der Waals surface area contributed by atoms with E-state index in [1.165, 1.54) is 12.8 Å². The number of amides is 1. The van der Waals surface area contributed by atoms with Gasteiger partial charge in [0.1, 0.15) is 0 Å². The van der Waals surface area contributed by atoms with Gasteiger partial charge in [0.2, 0.25) is 5.91 Å². The fraction of sp³-hybridized carbons (Fsp3) is 0.929. The third-order valence-corrected chi connectivity index (χ3v) is 4.62.